The van der Waals surface area contributed by atoms with Crippen molar-refractivity contribution in [2.75, 3.05) is 33.3 Å². The van der Waals surface area contributed by atoms with E-state index in [1.807, 2.05) is 0 Å². The van der Waals surface area contributed by atoms with Crippen LogP contribution in [0.4, 0.5) is 5.95 Å². The van der Waals surface area contributed by atoms with Crippen LogP contribution in [0.25, 0.3) is 16.8 Å². The first-order valence-corrected chi connectivity index (χ1v) is 11.5. The third kappa shape index (κ3) is 3.94. The highest BCUT2D eigenvalue weighted by atomic mass is 16.5. The summed E-state index contributed by atoms with van der Waals surface area (Å²) in [6.07, 6.45) is 3.10. The van der Waals surface area contributed by atoms with Gasteiger partial charge in [-0.2, -0.15) is 0 Å². The number of imidazole rings is 1. The Bertz CT molecular complexity index is 1540. The third-order valence-corrected chi connectivity index (χ3v) is 6.31. The van der Waals surface area contributed by atoms with Crippen LogP contribution in [0.2, 0.25) is 0 Å². The van der Waals surface area contributed by atoms with E-state index in [0.29, 0.717) is 33.8 Å². The number of ether oxygens (including phenoxy) is 4. The summed E-state index contributed by atoms with van der Waals surface area (Å²) in [5.74, 6) is -0.374. The molecule has 1 aliphatic rings. The first kappa shape index (κ1) is 24.6. The van der Waals surface area contributed by atoms with Gasteiger partial charge >= 0.3 is 5.91 Å². The number of Topliss-reactive ketones (excluding diaryl/α,β-unsaturated/α-hetero) is 1. The van der Waals surface area contributed by atoms with Crippen LogP contribution in [-0.4, -0.2) is 60.2 Å². The smallest absolute Gasteiger partial charge is 0.302 e. The molecule has 2 aromatic heterocycles. The number of carbonyl (C=O) groups is 2. The molecule has 1 saturated heterocycles. The number of aliphatic hydroxyl groups is 1. The number of ketones is 1. The number of hydrogen-bond acceptors (Lipinski definition) is 9. The van der Waals surface area contributed by atoms with Gasteiger partial charge in [0.15, 0.2) is 11.5 Å². The molecule has 0 radical (unpaired) electrons. The Balaban J connectivity index is 1.72. The van der Waals surface area contributed by atoms with Gasteiger partial charge in [0.05, 0.1) is 56.7 Å². The molecular weight excluding hydrogens is 492 g/mol. The molecule has 2 aromatic carbocycles. The monoisotopic (exact) mass is 516 g/mol. The number of carbonyl (C=O) groups excluding carboxylic acids is 2. The zero-order valence-corrected chi connectivity index (χ0v) is 21.0. The Hall–Kier alpha value is -5.06. The van der Waals surface area contributed by atoms with Gasteiger partial charge in [0.25, 0.3) is 5.78 Å². The van der Waals surface area contributed by atoms with Crippen LogP contribution < -0.4 is 23.8 Å². The van der Waals surface area contributed by atoms with Crippen LogP contribution in [0.5, 0.6) is 23.0 Å². The molecule has 11 heteroatoms. The van der Waals surface area contributed by atoms with Gasteiger partial charge in [-0.3, -0.25) is 19.5 Å². The van der Waals surface area contributed by atoms with Crippen LogP contribution in [0, 0.1) is 0 Å². The second kappa shape index (κ2) is 9.77. The lowest BCUT2D eigenvalue weighted by atomic mass is 9.96. The van der Waals surface area contributed by atoms with E-state index in [9.17, 15) is 14.7 Å². The summed E-state index contributed by atoms with van der Waals surface area (Å²) in [5.41, 5.74) is 1.63. The summed E-state index contributed by atoms with van der Waals surface area (Å²) < 4.78 is 21.4. The van der Waals surface area contributed by atoms with Crippen LogP contribution in [0.3, 0.4) is 0 Å². The lowest BCUT2D eigenvalue weighted by molar-refractivity contribution is -0.132. The number of nitrogens with one attached hydrogen (secondary N) is 1. The number of aromatic amines is 1. The summed E-state index contributed by atoms with van der Waals surface area (Å²) in [4.78, 5) is 39.9. The Morgan fingerprint density at radius 3 is 2.34 bits per heavy atom. The summed E-state index contributed by atoms with van der Waals surface area (Å²) in [7, 11) is 5.95. The van der Waals surface area contributed by atoms with E-state index >= 15 is 0 Å². The predicted octanol–water partition coefficient (Wildman–Crippen LogP) is 3.62. The zero-order chi connectivity index (χ0) is 27.0. The van der Waals surface area contributed by atoms with Gasteiger partial charge in [0.2, 0.25) is 5.95 Å². The van der Waals surface area contributed by atoms with Crippen molar-refractivity contribution in [1.29, 1.82) is 0 Å². The minimum absolute atomic E-state index is 0.104. The number of methoxy groups -OCH3 is 4. The molecule has 38 heavy (non-hydrogen) atoms. The van der Waals surface area contributed by atoms with E-state index in [1.54, 1.807) is 48.7 Å². The quantitative estimate of drug-likeness (QED) is 0.214. The normalized spacial score (nSPS) is 16.6. The van der Waals surface area contributed by atoms with Gasteiger partial charge < -0.3 is 29.0 Å². The molecule has 194 valence electrons. The maximum Gasteiger partial charge on any atom is 0.302 e. The molecule has 0 aliphatic carbocycles. The van der Waals surface area contributed by atoms with E-state index < -0.39 is 23.5 Å². The average molecular weight is 517 g/mol. The molecule has 1 fully saturated rings. The molecule has 0 bridgehead atoms. The topological polar surface area (TPSA) is 136 Å². The number of anilines is 1. The number of rotatable bonds is 7. The molecule has 1 unspecified atom stereocenters. The molecule has 4 aromatic rings. The van der Waals surface area contributed by atoms with Crippen molar-refractivity contribution in [3.8, 4) is 23.0 Å². The van der Waals surface area contributed by atoms with Crippen molar-refractivity contribution in [3.63, 3.8) is 0 Å². The molecule has 0 spiro atoms. The summed E-state index contributed by atoms with van der Waals surface area (Å²) >= 11 is 0. The van der Waals surface area contributed by atoms with Crippen LogP contribution in [0.15, 0.2) is 60.4 Å². The SMILES string of the molecule is COc1ccc(/C(O)=C2\C(=O)C(=O)N(c3nc4cc(OC)c(OC)cc4[nH]3)C2c2cccnc2)c(OC)c1. The first-order chi connectivity index (χ1) is 18.4. The number of aromatic nitrogens is 3. The number of nitrogens with zero attached hydrogens (tertiary/aromatic N) is 3. The standard InChI is InChI=1S/C27H24N4O7/c1-35-15-7-8-16(19(10-15)36-2)24(32)22-23(14-6-5-9-28-13-14)31(26(34)25(22)33)27-29-17-11-20(37-3)21(38-4)12-18(17)30-27/h5-13,23,32H,1-4H3,(H,29,30)/b24-22+. The van der Waals surface area contributed by atoms with E-state index in [-0.39, 0.29) is 22.8 Å². The first-order valence-electron chi connectivity index (χ1n) is 11.5. The lowest BCUT2D eigenvalue weighted by Crippen LogP contribution is -2.30. The third-order valence-electron chi connectivity index (χ3n) is 6.31. The van der Waals surface area contributed by atoms with Gasteiger partial charge in [-0.05, 0) is 23.8 Å². The molecule has 5 rings (SSSR count). The van der Waals surface area contributed by atoms with E-state index in [1.165, 1.54) is 39.5 Å². The van der Waals surface area contributed by atoms with Gasteiger partial charge in [0.1, 0.15) is 17.3 Å². The second-order valence-electron chi connectivity index (χ2n) is 8.31. The van der Waals surface area contributed by atoms with E-state index in [0.717, 1.165) is 0 Å². The fourth-order valence-electron chi connectivity index (χ4n) is 4.48. The Morgan fingerprint density at radius 1 is 0.947 bits per heavy atom. The fourth-order valence-corrected chi connectivity index (χ4v) is 4.48. The van der Waals surface area contributed by atoms with Gasteiger partial charge in [0, 0.05) is 30.6 Å². The number of benzene rings is 2. The zero-order valence-electron chi connectivity index (χ0n) is 21.0. The number of pyridine rings is 1. The summed E-state index contributed by atoms with van der Waals surface area (Å²) in [6.45, 7) is 0. The van der Waals surface area contributed by atoms with Gasteiger partial charge in [-0.15, -0.1) is 0 Å². The maximum atomic E-state index is 13.5. The fraction of sp³-hybridized carbons (Fsp3) is 0.185. The number of amides is 1. The predicted molar refractivity (Wildman–Crippen MR) is 138 cm³/mol. The van der Waals surface area contributed by atoms with Crippen molar-refractivity contribution in [2.45, 2.75) is 6.04 Å². The second-order valence-corrected chi connectivity index (χ2v) is 8.31. The summed E-state index contributed by atoms with van der Waals surface area (Å²) in [5, 5.41) is 11.4. The van der Waals surface area contributed by atoms with Gasteiger partial charge in [-0.1, -0.05) is 6.07 Å². The lowest BCUT2D eigenvalue weighted by Gasteiger charge is -2.22. The Morgan fingerprint density at radius 2 is 1.68 bits per heavy atom. The molecule has 1 atom stereocenters. The van der Waals surface area contributed by atoms with Crippen LogP contribution in [-0.2, 0) is 9.59 Å². The Labute approximate surface area is 217 Å². The maximum absolute atomic E-state index is 13.5. The number of fused-ring (bicyclic) bond motifs is 1. The van der Waals surface area contributed by atoms with Gasteiger partial charge in [-0.25, -0.2) is 4.98 Å². The molecule has 2 N–H and O–H groups in total. The number of aliphatic hydroxyl groups excluding tert-OH is 1. The van der Waals surface area contributed by atoms with Crippen molar-refractivity contribution < 1.29 is 33.6 Å². The number of hydrogen-bond donors (Lipinski definition) is 2. The average Bonchev–Trinajstić information content (AvgIpc) is 3.48. The van der Waals surface area contributed by atoms with Crippen molar-refractivity contribution in [3.05, 3.63) is 71.6 Å². The molecule has 11 nitrogen and oxygen atoms in total. The minimum atomic E-state index is -1.03. The van der Waals surface area contributed by atoms with E-state index in [2.05, 4.69) is 15.0 Å². The highest BCUT2D eigenvalue weighted by Gasteiger charge is 2.48. The summed E-state index contributed by atoms with van der Waals surface area (Å²) in [6, 6.07) is 10.5. The van der Waals surface area contributed by atoms with Crippen molar-refractivity contribution in [1.82, 2.24) is 15.0 Å². The van der Waals surface area contributed by atoms with Crippen molar-refractivity contribution >= 4 is 34.4 Å². The molecule has 1 aliphatic heterocycles. The highest BCUT2D eigenvalue weighted by Crippen LogP contribution is 2.43. The number of H-pyrrole nitrogens is 1. The van der Waals surface area contributed by atoms with Crippen LogP contribution in [0.1, 0.15) is 17.2 Å². The van der Waals surface area contributed by atoms with E-state index in [4.69, 9.17) is 18.9 Å². The Kier molecular flexibility index (Phi) is 6.33. The molecule has 0 saturated carbocycles. The molecule has 3 heterocycles. The molecular formula is C27H24N4O7. The largest absolute Gasteiger partial charge is 0.507 e. The molecule has 1 amide bonds. The van der Waals surface area contributed by atoms with Crippen LogP contribution >= 0.6 is 0 Å². The highest BCUT2D eigenvalue weighted by molar-refractivity contribution is 6.51. The minimum Gasteiger partial charge on any atom is -0.507 e. The van der Waals surface area contributed by atoms with Crippen molar-refractivity contribution in [2.24, 2.45) is 0 Å².